The zero-order chi connectivity index (χ0) is 18.5. The number of anilines is 1. The van der Waals surface area contributed by atoms with Gasteiger partial charge in [-0.15, -0.1) is 10.2 Å². The molecule has 0 bridgehead atoms. The predicted molar refractivity (Wildman–Crippen MR) is 109 cm³/mol. The molecule has 0 aliphatic carbocycles. The normalized spacial score (nSPS) is 17.5. The van der Waals surface area contributed by atoms with Crippen molar-refractivity contribution in [1.82, 2.24) is 15.2 Å². The van der Waals surface area contributed by atoms with E-state index in [9.17, 15) is 5.11 Å². The smallest absolute Gasteiger partial charge is 0.234 e. The van der Waals surface area contributed by atoms with Crippen LogP contribution in [-0.2, 0) is 0 Å². The minimum atomic E-state index is 0.159. The molecule has 1 aromatic heterocycles. The molecule has 1 aromatic carbocycles. The molecule has 0 saturated carbocycles. The summed E-state index contributed by atoms with van der Waals surface area (Å²) in [6.45, 7) is 6.07. The Kier molecular flexibility index (Phi) is 6.10. The van der Waals surface area contributed by atoms with Crippen molar-refractivity contribution < 1.29 is 5.11 Å². The Morgan fingerprint density at radius 2 is 2.12 bits per heavy atom. The summed E-state index contributed by atoms with van der Waals surface area (Å²) < 4.78 is 0. The fourth-order valence-electron chi connectivity index (χ4n) is 2.49. The molecule has 7 nitrogen and oxygen atoms in total. The van der Waals surface area contributed by atoms with Crippen LogP contribution in [0.15, 0.2) is 34.4 Å². The van der Waals surface area contributed by atoms with Crippen molar-refractivity contribution in [2.45, 2.75) is 45.4 Å². The number of benzene rings is 1. The number of rotatable bonds is 5. The van der Waals surface area contributed by atoms with Gasteiger partial charge in [-0.25, -0.2) is 5.01 Å². The molecule has 0 saturated heterocycles. The van der Waals surface area contributed by atoms with Gasteiger partial charge in [-0.2, -0.15) is 10.1 Å². The highest BCUT2D eigenvalue weighted by Crippen LogP contribution is 2.32. The van der Waals surface area contributed by atoms with Crippen LogP contribution in [0.2, 0.25) is 0 Å². The zero-order valence-corrected chi connectivity index (χ0v) is 16.6. The van der Waals surface area contributed by atoms with E-state index < -0.39 is 0 Å². The SMILES string of the molecule is CCCCC1SC(C)=NN1/C(=N/c1nnc(C)s1)Nc1ccccc1O. The van der Waals surface area contributed by atoms with E-state index in [2.05, 4.69) is 32.5 Å². The van der Waals surface area contributed by atoms with E-state index >= 15 is 0 Å². The average Bonchev–Trinajstić information content (AvgIpc) is 3.19. The van der Waals surface area contributed by atoms with E-state index in [-0.39, 0.29) is 11.1 Å². The number of unbranched alkanes of at least 4 members (excludes halogenated alkanes) is 1. The highest BCUT2D eigenvalue weighted by Gasteiger charge is 2.29. The molecule has 0 fully saturated rings. The van der Waals surface area contributed by atoms with Gasteiger partial charge in [0.1, 0.15) is 16.1 Å². The second-order valence-corrected chi connectivity index (χ2v) is 8.39. The Morgan fingerprint density at radius 1 is 1.31 bits per heavy atom. The molecule has 2 N–H and O–H groups in total. The van der Waals surface area contributed by atoms with Crippen molar-refractivity contribution in [3.05, 3.63) is 29.3 Å². The first kappa shape index (κ1) is 18.7. The van der Waals surface area contributed by atoms with Crippen LogP contribution in [0.3, 0.4) is 0 Å². The quantitative estimate of drug-likeness (QED) is 0.442. The van der Waals surface area contributed by atoms with Gasteiger partial charge in [0.2, 0.25) is 11.1 Å². The Morgan fingerprint density at radius 3 is 2.81 bits per heavy atom. The fraction of sp³-hybridized carbons (Fsp3) is 0.412. The van der Waals surface area contributed by atoms with E-state index in [4.69, 9.17) is 0 Å². The van der Waals surface area contributed by atoms with Crippen LogP contribution in [0.5, 0.6) is 5.75 Å². The molecule has 0 amide bonds. The first-order valence-corrected chi connectivity index (χ1v) is 10.2. The number of thioether (sulfide) groups is 1. The van der Waals surface area contributed by atoms with Gasteiger partial charge in [-0.1, -0.05) is 55.0 Å². The molecular formula is C17H22N6OS2. The maximum atomic E-state index is 10.1. The number of aromatic nitrogens is 2. The Labute approximate surface area is 161 Å². The molecule has 1 aliphatic heterocycles. The molecule has 0 radical (unpaired) electrons. The number of phenols is 1. The van der Waals surface area contributed by atoms with Crippen LogP contribution < -0.4 is 5.32 Å². The summed E-state index contributed by atoms with van der Waals surface area (Å²) in [5.41, 5.74) is 0.575. The van der Waals surface area contributed by atoms with Gasteiger partial charge >= 0.3 is 0 Å². The monoisotopic (exact) mass is 390 g/mol. The molecule has 1 aliphatic rings. The number of hydrogen-bond donors (Lipinski definition) is 2. The lowest BCUT2D eigenvalue weighted by Crippen LogP contribution is -2.36. The number of nitrogens with zero attached hydrogens (tertiary/aromatic N) is 5. The minimum absolute atomic E-state index is 0.159. The molecule has 138 valence electrons. The lowest BCUT2D eigenvalue weighted by molar-refractivity contribution is 0.401. The molecule has 1 unspecified atom stereocenters. The molecule has 1 atom stereocenters. The van der Waals surface area contributed by atoms with E-state index in [1.54, 1.807) is 30.0 Å². The van der Waals surface area contributed by atoms with Crippen molar-refractivity contribution in [1.29, 1.82) is 0 Å². The van der Waals surface area contributed by atoms with Crippen molar-refractivity contribution in [2.75, 3.05) is 5.32 Å². The largest absolute Gasteiger partial charge is 0.506 e. The third kappa shape index (κ3) is 4.53. The van der Waals surface area contributed by atoms with E-state index in [1.807, 2.05) is 24.9 Å². The summed E-state index contributed by atoms with van der Waals surface area (Å²) in [6.07, 6.45) is 3.23. The number of hydrazone groups is 1. The number of aryl methyl sites for hydroxylation is 1. The predicted octanol–water partition coefficient (Wildman–Crippen LogP) is 4.55. The highest BCUT2D eigenvalue weighted by atomic mass is 32.2. The lowest BCUT2D eigenvalue weighted by atomic mass is 10.2. The van der Waals surface area contributed by atoms with Gasteiger partial charge in [0.25, 0.3) is 0 Å². The van der Waals surface area contributed by atoms with Gasteiger partial charge in [-0.3, -0.25) is 0 Å². The molecule has 9 heteroatoms. The average molecular weight is 391 g/mol. The van der Waals surface area contributed by atoms with Crippen LogP contribution >= 0.6 is 23.1 Å². The molecule has 0 spiro atoms. The van der Waals surface area contributed by atoms with Crippen molar-refractivity contribution in [2.24, 2.45) is 10.1 Å². The Balaban J connectivity index is 1.94. The van der Waals surface area contributed by atoms with Gasteiger partial charge in [0.05, 0.1) is 10.7 Å². The maximum absolute atomic E-state index is 10.1. The first-order chi connectivity index (χ1) is 12.6. The van der Waals surface area contributed by atoms with Gasteiger partial charge in [-0.05, 0) is 32.4 Å². The van der Waals surface area contributed by atoms with Crippen LogP contribution in [0, 0.1) is 6.92 Å². The summed E-state index contributed by atoms with van der Waals surface area (Å²) >= 11 is 3.15. The number of aromatic hydroxyl groups is 1. The summed E-state index contributed by atoms with van der Waals surface area (Å²) in [5, 5.41) is 30.6. The third-order valence-corrected chi connectivity index (χ3v) is 5.58. The summed E-state index contributed by atoms with van der Waals surface area (Å²) in [4.78, 5) is 4.64. The van der Waals surface area contributed by atoms with Crippen molar-refractivity contribution >= 4 is 44.9 Å². The van der Waals surface area contributed by atoms with Crippen LogP contribution in [0.4, 0.5) is 10.8 Å². The number of phenolic OH excluding ortho intramolecular Hbond substituents is 1. The topological polar surface area (TPSA) is 86.0 Å². The second kappa shape index (κ2) is 8.50. The van der Waals surface area contributed by atoms with E-state index in [0.717, 1.165) is 29.3 Å². The van der Waals surface area contributed by atoms with Gasteiger partial charge in [0, 0.05) is 0 Å². The van der Waals surface area contributed by atoms with E-state index in [0.29, 0.717) is 16.8 Å². The lowest BCUT2D eigenvalue weighted by Gasteiger charge is -2.24. The van der Waals surface area contributed by atoms with Crippen molar-refractivity contribution in [3.8, 4) is 5.75 Å². The number of hydrogen-bond acceptors (Lipinski definition) is 7. The molecule has 2 heterocycles. The van der Waals surface area contributed by atoms with Gasteiger partial charge < -0.3 is 10.4 Å². The fourth-order valence-corrected chi connectivity index (χ4v) is 4.11. The third-order valence-electron chi connectivity index (χ3n) is 3.72. The maximum Gasteiger partial charge on any atom is 0.234 e. The Bertz CT molecular complexity index is 819. The van der Waals surface area contributed by atoms with Crippen molar-refractivity contribution in [3.63, 3.8) is 0 Å². The Hall–Kier alpha value is -2.13. The van der Waals surface area contributed by atoms with Crippen LogP contribution in [0.25, 0.3) is 0 Å². The highest BCUT2D eigenvalue weighted by molar-refractivity contribution is 8.14. The molecule has 2 aromatic rings. The number of guanidine groups is 1. The minimum Gasteiger partial charge on any atom is -0.506 e. The number of aliphatic imine (C=N–C) groups is 1. The first-order valence-electron chi connectivity index (χ1n) is 8.51. The van der Waals surface area contributed by atoms with Crippen LogP contribution in [-0.4, -0.2) is 36.7 Å². The molecule has 3 rings (SSSR count). The summed E-state index contributed by atoms with van der Waals surface area (Å²) in [6, 6.07) is 7.08. The number of para-hydroxylation sites is 2. The second-order valence-electron chi connectivity index (χ2n) is 5.86. The van der Waals surface area contributed by atoms with Gasteiger partial charge in [0.15, 0.2) is 0 Å². The molecule has 26 heavy (non-hydrogen) atoms. The summed E-state index contributed by atoms with van der Waals surface area (Å²) in [5.74, 6) is 0.694. The van der Waals surface area contributed by atoms with E-state index in [1.165, 1.54) is 11.3 Å². The number of nitrogens with one attached hydrogen (secondary N) is 1. The molecular weight excluding hydrogens is 368 g/mol. The zero-order valence-electron chi connectivity index (χ0n) is 15.0. The summed E-state index contributed by atoms with van der Waals surface area (Å²) in [7, 11) is 0. The standard InChI is InChI=1S/C17H22N6OS2/c1-4-5-10-15-23(22-12(3)25-15)16(19-17-21-20-11(2)26-17)18-13-8-6-7-9-14(13)24/h6-9,15,24H,4-5,10H2,1-3H3,(H,18,19,21). The van der Waals surface area contributed by atoms with Crippen LogP contribution in [0.1, 0.15) is 38.1 Å².